The van der Waals surface area contributed by atoms with E-state index in [0.717, 1.165) is 31.4 Å². The molecule has 0 aliphatic carbocycles. The van der Waals surface area contributed by atoms with Crippen molar-refractivity contribution in [1.82, 2.24) is 0 Å². The van der Waals surface area contributed by atoms with Crippen LogP contribution in [0.5, 0.6) is 5.75 Å². The lowest BCUT2D eigenvalue weighted by Gasteiger charge is -2.29. The summed E-state index contributed by atoms with van der Waals surface area (Å²) < 4.78 is 6.07. The minimum Gasteiger partial charge on any atom is -0.508 e. The van der Waals surface area contributed by atoms with Crippen molar-refractivity contribution in [2.24, 2.45) is 0 Å². The molecule has 0 heterocycles. The van der Waals surface area contributed by atoms with Crippen LogP contribution in [0.15, 0.2) is 36.1 Å². The summed E-state index contributed by atoms with van der Waals surface area (Å²) >= 11 is 0. The van der Waals surface area contributed by atoms with Crippen molar-refractivity contribution in [1.29, 1.82) is 0 Å². The number of hydrogen-bond donors (Lipinski definition) is 1. The summed E-state index contributed by atoms with van der Waals surface area (Å²) in [5, 5.41) is 10.4. The Labute approximate surface area is 136 Å². The van der Waals surface area contributed by atoms with Gasteiger partial charge in [0.25, 0.3) is 0 Å². The Balaban J connectivity index is 2.66. The monoisotopic (exact) mass is 304 g/mol. The molecule has 22 heavy (non-hydrogen) atoms. The Hall–Kier alpha value is -1.44. The third kappa shape index (κ3) is 5.75. The highest BCUT2D eigenvalue weighted by Gasteiger charge is 2.29. The number of rotatable bonds is 10. The van der Waals surface area contributed by atoms with E-state index >= 15 is 0 Å². The lowest BCUT2D eigenvalue weighted by Crippen LogP contribution is -2.34. The van der Waals surface area contributed by atoms with Crippen molar-refractivity contribution in [2.45, 2.75) is 78.2 Å². The van der Waals surface area contributed by atoms with Crippen LogP contribution in [0, 0.1) is 0 Å². The standard InChI is InChI=1S/C20H32O2/c1-5-8-9-10-11-12-19(21)20(4,7-3)22-18-15-13-17(6-2)14-16-18/h12-16,21H,5-11H2,1-4H3/b19-12-. The number of ether oxygens (including phenoxy) is 1. The summed E-state index contributed by atoms with van der Waals surface area (Å²) in [6.45, 7) is 8.35. The van der Waals surface area contributed by atoms with Crippen molar-refractivity contribution in [3.05, 3.63) is 41.7 Å². The highest BCUT2D eigenvalue weighted by Crippen LogP contribution is 2.27. The zero-order valence-corrected chi connectivity index (χ0v) is 14.7. The van der Waals surface area contributed by atoms with Gasteiger partial charge in [-0.2, -0.15) is 0 Å². The van der Waals surface area contributed by atoms with Gasteiger partial charge in [-0.3, -0.25) is 0 Å². The van der Waals surface area contributed by atoms with Crippen LogP contribution < -0.4 is 4.74 Å². The second kappa shape index (κ2) is 9.55. The normalized spacial score (nSPS) is 14.6. The molecule has 124 valence electrons. The molecule has 2 nitrogen and oxygen atoms in total. The molecule has 0 saturated heterocycles. The third-order valence-corrected chi connectivity index (χ3v) is 4.29. The van der Waals surface area contributed by atoms with Gasteiger partial charge in [-0.05, 0) is 56.4 Å². The van der Waals surface area contributed by atoms with E-state index in [2.05, 4.69) is 26.0 Å². The van der Waals surface area contributed by atoms with Crippen LogP contribution >= 0.6 is 0 Å². The first kappa shape index (κ1) is 18.6. The average Bonchev–Trinajstić information content (AvgIpc) is 2.55. The van der Waals surface area contributed by atoms with Crippen molar-refractivity contribution in [2.75, 3.05) is 0 Å². The molecular weight excluding hydrogens is 272 g/mol. The number of benzene rings is 1. The lowest BCUT2D eigenvalue weighted by molar-refractivity contribution is 0.0739. The molecule has 0 aliphatic heterocycles. The highest BCUT2D eigenvalue weighted by molar-refractivity contribution is 5.29. The Morgan fingerprint density at radius 1 is 1.09 bits per heavy atom. The van der Waals surface area contributed by atoms with Gasteiger partial charge in [-0.15, -0.1) is 0 Å². The Morgan fingerprint density at radius 3 is 2.32 bits per heavy atom. The summed E-state index contributed by atoms with van der Waals surface area (Å²) in [6, 6.07) is 8.14. The van der Waals surface area contributed by atoms with Crippen LogP contribution in [0.2, 0.25) is 0 Å². The smallest absolute Gasteiger partial charge is 0.162 e. The summed E-state index contributed by atoms with van der Waals surface area (Å²) in [5.41, 5.74) is 0.652. The predicted octanol–water partition coefficient (Wildman–Crippen LogP) is 6.21. The number of allylic oxidation sites excluding steroid dienone is 1. The summed E-state index contributed by atoms with van der Waals surface area (Å²) in [5.74, 6) is 1.17. The van der Waals surface area contributed by atoms with E-state index in [-0.39, 0.29) is 0 Å². The molecule has 2 heteroatoms. The van der Waals surface area contributed by atoms with Crippen LogP contribution in [0.3, 0.4) is 0 Å². The van der Waals surface area contributed by atoms with E-state index in [0.29, 0.717) is 5.76 Å². The molecule has 0 fully saturated rings. The van der Waals surface area contributed by atoms with E-state index in [1.54, 1.807) is 0 Å². The molecule has 1 rings (SSSR count). The fourth-order valence-corrected chi connectivity index (χ4v) is 2.38. The van der Waals surface area contributed by atoms with E-state index in [9.17, 15) is 5.11 Å². The van der Waals surface area contributed by atoms with Crippen molar-refractivity contribution in [3.8, 4) is 5.75 Å². The van der Waals surface area contributed by atoms with E-state index in [1.807, 2.05) is 32.1 Å². The van der Waals surface area contributed by atoms with E-state index in [4.69, 9.17) is 4.74 Å². The van der Waals surface area contributed by atoms with E-state index < -0.39 is 5.60 Å². The number of unbranched alkanes of at least 4 members (excludes halogenated alkanes) is 4. The largest absolute Gasteiger partial charge is 0.508 e. The van der Waals surface area contributed by atoms with Gasteiger partial charge in [-0.1, -0.05) is 52.2 Å². The molecule has 1 N–H and O–H groups in total. The Bertz CT molecular complexity index is 447. The first-order valence-electron chi connectivity index (χ1n) is 8.73. The van der Waals surface area contributed by atoms with Crippen LogP contribution in [-0.4, -0.2) is 10.7 Å². The summed E-state index contributed by atoms with van der Waals surface area (Å²) in [6.07, 6.45) is 9.46. The first-order chi connectivity index (χ1) is 10.6. The number of hydrogen-bond acceptors (Lipinski definition) is 2. The molecule has 0 bridgehead atoms. The maximum atomic E-state index is 10.4. The minimum atomic E-state index is -0.640. The molecule has 1 atom stereocenters. The Morgan fingerprint density at radius 2 is 1.77 bits per heavy atom. The topological polar surface area (TPSA) is 29.5 Å². The molecular formula is C20H32O2. The van der Waals surface area contributed by atoms with Gasteiger partial charge in [0.2, 0.25) is 0 Å². The lowest BCUT2D eigenvalue weighted by atomic mass is 9.98. The fraction of sp³-hybridized carbons (Fsp3) is 0.600. The van der Waals surface area contributed by atoms with Gasteiger partial charge in [0, 0.05) is 0 Å². The molecule has 0 amide bonds. The Kier molecular flexibility index (Phi) is 8.08. The molecule has 0 aliphatic rings. The molecule has 1 unspecified atom stereocenters. The third-order valence-electron chi connectivity index (χ3n) is 4.29. The summed E-state index contributed by atoms with van der Waals surface area (Å²) in [7, 11) is 0. The highest BCUT2D eigenvalue weighted by atomic mass is 16.5. The minimum absolute atomic E-state index is 0.353. The zero-order valence-electron chi connectivity index (χ0n) is 14.7. The molecule has 0 spiro atoms. The van der Waals surface area contributed by atoms with Crippen molar-refractivity contribution in [3.63, 3.8) is 0 Å². The van der Waals surface area contributed by atoms with E-state index in [1.165, 1.54) is 24.8 Å². The number of aliphatic hydroxyl groups excluding tert-OH is 1. The maximum Gasteiger partial charge on any atom is 0.162 e. The van der Waals surface area contributed by atoms with Gasteiger partial charge < -0.3 is 9.84 Å². The van der Waals surface area contributed by atoms with Crippen molar-refractivity contribution < 1.29 is 9.84 Å². The SMILES string of the molecule is CCCCCC/C=C(\O)C(C)(CC)Oc1ccc(CC)cc1. The van der Waals surface area contributed by atoms with Gasteiger partial charge >= 0.3 is 0 Å². The van der Waals surface area contributed by atoms with Gasteiger partial charge in [-0.25, -0.2) is 0 Å². The molecule has 1 aromatic carbocycles. The second-order valence-corrected chi connectivity index (χ2v) is 6.12. The van der Waals surface area contributed by atoms with Crippen LogP contribution in [0.4, 0.5) is 0 Å². The maximum absolute atomic E-state index is 10.4. The molecule has 0 radical (unpaired) electrons. The number of aliphatic hydroxyl groups is 1. The molecule has 1 aromatic rings. The van der Waals surface area contributed by atoms with Gasteiger partial charge in [0.05, 0.1) is 0 Å². The fourth-order valence-electron chi connectivity index (χ4n) is 2.38. The second-order valence-electron chi connectivity index (χ2n) is 6.12. The molecule has 0 saturated carbocycles. The van der Waals surface area contributed by atoms with Crippen LogP contribution in [-0.2, 0) is 6.42 Å². The van der Waals surface area contributed by atoms with Crippen LogP contribution in [0.1, 0.15) is 71.8 Å². The summed E-state index contributed by atoms with van der Waals surface area (Å²) in [4.78, 5) is 0. The average molecular weight is 304 g/mol. The first-order valence-corrected chi connectivity index (χ1v) is 8.73. The van der Waals surface area contributed by atoms with Crippen molar-refractivity contribution >= 4 is 0 Å². The van der Waals surface area contributed by atoms with Gasteiger partial charge in [0.1, 0.15) is 11.5 Å². The van der Waals surface area contributed by atoms with Crippen LogP contribution in [0.25, 0.3) is 0 Å². The predicted molar refractivity (Wildman–Crippen MR) is 94.6 cm³/mol. The van der Waals surface area contributed by atoms with Gasteiger partial charge in [0.15, 0.2) is 5.60 Å². The number of aryl methyl sites for hydroxylation is 1. The molecule has 0 aromatic heterocycles. The quantitative estimate of drug-likeness (QED) is 0.411. The zero-order chi connectivity index (χ0) is 16.4.